The molecule has 0 unspecified atom stereocenters. The van der Waals surface area contributed by atoms with E-state index in [4.69, 9.17) is 21.8 Å². The Labute approximate surface area is 72.0 Å². The Morgan fingerprint density at radius 2 is 1.91 bits per heavy atom. The highest BCUT2D eigenvalue weighted by atomic mass is 35.5. The molecule has 0 aromatic rings. The first-order valence-electron chi connectivity index (χ1n) is 3.57. The third-order valence-corrected chi connectivity index (χ3v) is 1.11. The number of carboxylic acid groups (broad SMARTS) is 1. The fourth-order valence-electron chi connectivity index (χ4n) is 0.206. The van der Waals surface area contributed by atoms with E-state index in [1.807, 2.05) is 0 Å². The van der Waals surface area contributed by atoms with Crippen molar-refractivity contribution in [3.8, 4) is 0 Å². The lowest BCUT2D eigenvalue weighted by Gasteiger charge is -1.84. The van der Waals surface area contributed by atoms with Crippen molar-refractivity contribution in [3.05, 3.63) is 0 Å². The van der Waals surface area contributed by atoms with Gasteiger partial charge in [0.1, 0.15) is 0 Å². The van der Waals surface area contributed by atoms with Gasteiger partial charge in [0.05, 0.1) is 0 Å². The molecule has 2 N–H and O–H groups in total. The molecule has 0 saturated heterocycles. The highest BCUT2D eigenvalue weighted by Crippen LogP contribution is 1.87. The molecule has 0 bridgehead atoms. The summed E-state index contributed by atoms with van der Waals surface area (Å²) in [6, 6.07) is 0. The quantitative estimate of drug-likeness (QED) is 0.512. The van der Waals surface area contributed by atoms with Crippen LogP contribution in [0.15, 0.2) is 0 Å². The smallest absolute Gasteiger partial charge is 0.303 e. The molecule has 0 atom stereocenters. The first-order valence-corrected chi connectivity index (χ1v) is 4.11. The van der Waals surface area contributed by atoms with Crippen LogP contribution in [0.1, 0.15) is 26.2 Å². The zero-order valence-corrected chi connectivity index (χ0v) is 7.47. The standard InChI is InChI=1S/C4H9ClO.C3H6O2/c5-3-1-2-4-6;1-2-3(4)5/h6H,1-4H2;2H2,1H3,(H,4,5). The molecule has 0 heterocycles. The van der Waals surface area contributed by atoms with Crippen molar-refractivity contribution in [2.45, 2.75) is 26.2 Å². The molecule has 0 aromatic heterocycles. The average Bonchev–Trinajstić information content (AvgIpc) is 2.02. The summed E-state index contributed by atoms with van der Waals surface area (Å²) in [6.45, 7) is 1.87. The fourth-order valence-corrected chi connectivity index (χ4v) is 0.395. The predicted octanol–water partition coefficient (Wildman–Crippen LogP) is 1.48. The Morgan fingerprint density at radius 1 is 1.45 bits per heavy atom. The van der Waals surface area contributed by atoms with Gasteiger partial charge in [-0.25, -0.2) is 0 Å². The summed E-state index contributed by atoms with van der Waals surface area (Å²) in [7, 11) is 0. The molecule has 0 amide bonds. The van der Waals surface area contributed by atoms with Gasteiger partial charge in [0.25, 0.3) is 0 Å². The second kappa shape index (κ2) is 12.4. The van der Waals surface area contributed by atoms with Gasteiger partial charge in [-0.3, -0.25) is 4.79 Å². The van der Waals surface area contributed by atoms with Crippen LogP contribution in [0.2, 0.25) is 0 Å². The maximum atomic E-state index is 9.37. The molecule has 4 heteroatoms. The van der Waals surface area contributed by atoms with E-state index in [0.717, 1.165) is 12.8 Å². The van der Waals surface area contributed by atoms with Crippen molar-refractivity contribution in [3.63, 3.8) is 0 Å². The summed E-state index contributed by atoms with van der Waals surface area (Å²) >= 11 is 5.27. The number of hydrogen-bond donors (Lipinski definition) is 2. The van der Waals surface area contributed by atoms with Gasteiger partial charge >= 0.3 is 5.97 Å². The maximum absolute atomic E-state index is 9.37. The van der Waals surface area contributed by atoms with Gasteiger partial charge in [-0.1, -0.05) is 6.92 Å². The van der Waals surface area contributed by atoms with Crippen molar-refractivity contribution >= 4 is 17.6 Å². The van der Waals surface area contributed by atoms with E-state index < -0.39 is 5.97 Å². The average molecular weight is 183 g/mol. The topological polar surface area (TPSA) is 57.5 Å². The van der Waals surface area contributed by atoms with Crippen LogP contribution >= 0.6 is 11.6 Å². The van der Waals surface area contributed by atoms with Crippen LogP contribution in [0.25, 0.3) is 0 Å². The summed E-state index contributed by atoms with van der Waals surface area (Å²) in [5.41, 5.74) is 0. The van der Waals surface area contributed by atoms with Gasteiger partial charge in [0.15, 0.2) is 0 Å². The third kappa shape index (κ3) is 26.0. The van der Waals surface area contributed by atoms with Crippen molar-refractivity contribution < 1.29 is 15.0 Å². The highest BCUT2D eigenvalue weighted by Gasteiger charge is 1.80. The lowest BCUT2D eigenvalue weighted by atomic mass is 10.4. The minimum atomic E-state index is -0.745. The zero-order chi connectivity index (χ0) is 9.11. The number of aliphatic carboxylic acids is 1. The number of aliphatic hydroxyl groups excluding tert-OH is 1. The molecular weight excluding hydrogens is 168 g/mol. The van der Waals surface area contributed by atoms with Crippen LogP contribution in [0, 0.1) is 0 Å². The van der Waals surface area contributed by atoms with Crippen LogP contribution in [0.5, 0.6) is 0 Å². The van der Waals surface area contributed by atoms with Crippen LogP contribution in [-0.4, -0.2) is 28.7 Å². The first kappa shape index (κ1) is 13.3. The number of carboxylic acids is 1. The lowest BCUT2D eigenvalue weighted by Crippen LogP contribution is -1.86. The number of halogens is 1. The van der Waals surface area contributed by atoms with Crippen LogP contribution in [0.4, 0.5) is 0 Å². The maximum Gasteiger partial charge on any atom is 0.303 e. The van der Waals surface area contributed by atoms with Crippen molar-refractivity contribution in [1.29, 1.82) is 0 Å². The number of hydrogen-bond acceptors (Lipinski definition) is 2. The summed E-state index contributed by atoms with van der Waals surface area (Å²) in [6.07, 6.45) is 1.99. The second-order valence-corrected chi connectivity index (χ2v) is 2.24. The predicted molar refractivity (Wildman–Crippen MR) is 45.0 cm³/mol. The van der Waals surface area contributed by atoms with E-state index in [0.29, 0.717) is 5.88 Å². The SMILES string of the molecule is CCC(=O)O.OCCCCCl. The highest BCUT2D eigenvalue weighted by molar-refractivity contribution is 6.17. The summed E-state index contributed by atoms with van der Waals surface area (Å²) < 4.78 is 0. The number of aliphatic hydroxyl groups is 1. The molecule has 0 aliphatic heterocycles. The molecule has 0 rings (SSSR count). The van der Waals surface area contributed by atoms with Crippen molar-refractivity contribution in [2.75, 3.05) is 12.5 Å². The Kier molecular flexibility index (Phi) is 15.0. The van der Waals surface area contributed by atoms with E-state index in [2.05, 4.69) is 0 Å². The summed E-state index contributed by atoms with van der Waals surface area (Å²) in [5, 5.41) is 15.9. The van der Waals surface area contributed by atoms with Gasteiger partial charge in [0.2, 0.25) is 0 Å². The molecule has 0 fully saturated rings. The number of rotatable bonds is 4. The van der Waals surface area contributed by atoms with Crippen LogP contribution in [-0.2, 0) is 4.79 Å². The molecule has 0 spiro atoms. The van der Waals surface area contributed by atoms with Gasteiger partial charge < -0.3 is 10.2 Å². The van der Waals surface area contributed by atoms with Gasteiger partial charge in [-0.2, -0.15) is 0 Å². The first-order chi connectivity index (χ1) is 5.18. The molecule has 0 aromatic carbocycles. The molecular formula is C7H15ClO3. The van der Waals surface area contributed by atoms with E-state index in [1.165, 1.54) is 0 Å². The van der Waals surface area contributed by atoms with E-state index >= 15 is 0 Å². The van der Waals surface area contributed by atoms with E-state index in [9.17, 15) is 4.79 Å². The van der Waals surface area contributed by atoms with E-state index in [-0.39, 0.29) is 13.0 Å². The molecule has 11 heavy (non-hydrogen) atoms. The molecule has 0 aliphatic rings. The van der Waals surface area contributed by atoms with Gasteiger partial charge in [-0.05, 0) is 12.8 Å². The molecule has 0 aliphatic carbocycles. The lowest BCUT2D eigenvalue weighted by molar-refractivity contribution is -0.136. The van der Waals surface area contributed by atoms with E-state index in [1.54, 1.807) is 6.92 Å². The number of unbranched alkanes of at least 4 members (excludes halogenated alkanes) is 1. The fraction of sp³-hybridized carbons (Fsp3) is 0.857. The van der Waals surface area contributed by atoms with Crippen molar-refractivity contribution in [2.24, 2.45) is 0 Å². The number of carbonyl (C=O) groups is 1. The van der Waals surface area contributed by atoms with Gasteiger partial charge in [-0.15, -0.1) is 11.6 Å². The minimum Gasteiger partial charge on any atom is -0.481 e. The molecule has 0 radical (unpaired) electrons. The second-order valence-electron chi connectivity index (χ2n) is 1.87. The molecule has 68 valence electrons. The largest absolute Gasteiger partial charge is 0.481 e. The van der Waals surface area contributed by atoms with Crippen LogP contribution < -0.4 is 0 Å². The summed E-state index contributed by atoms with van der Waals surface area (Å²) in [5.74, 6) is -0.0781. The van der Waals surface area contributed by atoms with Gasteiger partial charge in [0, 0.05) is 18.9 Å². The monoisotopic (exact) mass is 182 g/mol. The Hall–Kier alpha value is -0.280. The molecule has 3 nitrogen and oxygen atoms in total. The Morgan fingerprint density at radius 3 is 2.00 bits per heavy atom. The Balaban J connectivity index is 0. The van der Waals surface area contributed by atoms with Crippen LogP contribution in [0.3, 0.4) is 0 Å². The zero-order valence-electron chi connectivity index (χ0n) is 6.72. The minimum absolute atomic E-state index is 0.222. The van der Waals surface area contributed by atoms with Crippen molar-refractivity contribution in [1.82, 2.24) is 0 Å². The molecule has 0 saturated carbocycles. The third-order valence-electron chi connectivity index (χ3n) is 0.844. The number of alkyl halides is 1. The normalized spacial score (nSPS) is 8.27. The summed E-state index contributed by atoms with van der Waals surface area (Å²) in [4.78, 5) is 9.37. The Bertz CT molecular complexity index is 81.8.